The predicted molar refractivity (Wildman–Crippen MR) is 118 cm³/mol. The molecule has 0 unspecified atom stereocenters. The highest BCUT2D eigenvalue weighted by atomic mass is 32.2. The molecule has 3 rings (SSSR count). The van der Waals surface area contributed by atoms with Crippen LogP contribution in [0.1, 0.15) is 35.9 Å². The number of hydrogen-bond donors (Lipinski definition) is 1. The number of rotatable bonds is 7. The van der Waals surface area contributed by atoms with E-state index >= 15 is 0 Å². The lowest BCUT2D eigenvalue weighted by Gasteiger charge is -2.13. The molecule has 0 radical (unpaired) electrons. The largest absolute Gasteiger partial charge is 0.301 e. The van der Waals surface area contributed by atoms with E-state index in [1.165, 1.54) is 28.7 Å². The number of carbonyl (C=O) groups is 2. The van der Waals surface area contributed by atoms with E-state index in [1.54, 1.807) is 4.90 Å². The summed E-state index contributed by atoms with van der Waals surface area (Å²) >= 11 is 7.98. The molecule has 1 aliphatic rings. The van der Waals surface area contributed by atoms with Crippen LogP contribution in [0.5, 0.6) is 0 Å². The summed E-state index contributed by atoms with van der Waals surface area (Å²) in [6.07, 6.45) is 3.65. The number of hydrogen-bond acceptors (Lipinski definition) is 7. The van der Waals surface area contributed by atoms with Gasteiger partial charge in [-0.25, -0.2) is 0 Å². The summed E-state index contributed by atoms with van der Waals surface area (Å²) in [6, 6.07) is 8.13. The van der Waals surface area contributed by atoms with Crippen molar-refractivity contribution >= 4 is 62.7 Å². The molecular formula is C19H20N4O2S3. The van der Waals surface area contributed by atoms with Crippen LogP contribution in [0.25, 0.3) is 6.08 Å². The number of carbonyl (C=O) groups excluding carboxylic acids is 2. The maximum Gasteiger partial charge on any atom is 0.266 e. The quantitative estimate of drug-likeness (QED) is 0.526. The van der Waals surface area contributed by atoms with Gasteiger partial charge in [0.15, 0.2) is 0 Å². The third kappa shape index (κ3) is 5.24. The van der Waals surface area contributed by atoms with Crippen LogP contribution >= 0.6 is 35.3 Å². The fourth-order valence-electron chi connectivity index (χ4n) is 2.62. The number of nitrogens with one attached hydrogen (secondary N) is 1. The minimum absolute atomic E-state index is 0.102. The van der Waals surface area contributed by atoms with Crippen molar-refractivity contribution in [3.63, 3.8) is 0 Å². The predicted octanol–water partition coefficient (Wildman–Crippen LogP) is 4.03. The van der Waals surface area contributed by atoms with Crippen LogP contribution in [0.2, 0.25) is 0 Å². The molecule has 2 heterocycles. The summed E-state index contributed by atoms with van der Waals surface area (Å²) in [6.45, 7) is 4.35. The Balaban J connectivity index is 1.53. The van der Waals surface area contributed by atoms with Gasteiger partial charge in [-0.15, -0.1) is 10.2 Å². The lowest BCUT2D eigenvalue weighted by molar-refractivity contribution is -0.122. The Hall–Kier alpha value is -2.10. The van der Waals surface area contributed by atoms with E-state index in [0.29, 0.717) is 27.3 Å². The molecule has 1 aliphatic heterocycles. The molecule has 0 spiro atoms. The van der Waals surface area contributed by atoms with Gasteiger partial charge in [0, 0.05) is 13.0 Å². The Morgan fingerprint density at radius 1 is 1.29 bits per heavy atom. The smallest absolute Gasteiger partial charge is 0.266 e. The number of thiocarbonyl (C=S) groups is 1. The summed E-state index contributed by atoms with van der Waals surface area (Å²) in [7, 11) is 0. The average Bonchev–Trinajstić information content (AvgIpc) is 3.19. The maximum absolute atomic E-state index is 12.6. The Bertz CT molecular complexity index is 922. The molecule has 0 aliphatic carbocycles. The standard InChI is InChI=1S/C19H20N4O2S3/c1-3-13-6-8-14(9-7-13)11-15-17(25)23(19(26)28-15)10-4-5-16(24)20-18-22-21-12(2)27-18/h6-9,11H,3-5,10H2,1-2H3,(H,20,22,24). The molecule has 2 amide bonds. The van der Waals surface area contributed by atoms with Crippen LogP contribution in [0.3, 0.4) is 0 Å². The number of aryl methyl sites for hydroxylation is 2. The summed E-state index contributed by atoms with van der Waals surface area (Å²) in [5.41, 5.74) is 2.23. The molecule has 1 fully saturated rings. The Morgan fingerprint density at radius 3 is 2.68 bits per heavy atom. The van der Waals surface area contributed by atoms with Crippen LogP contribution in [-0.2, 0) is 16.0 Å². The fourth-order valence-corrected chi connectivity index (χ4v) is 4.54. The maximum atomic E-state index is 12.6. The van der Waals surface area contributed by atoms with Gasteiger partial charge >= 0.3 is 0 Å². The summed E-state index contributed by atoms with van der Waals surface area (Å²) in [4.78, 5) is 26.8. The minimum atomic E-state index is -0.145. The van der Waals surface area contributed by atoms with E-state index < -0.39 is 0 Å². The van der Waals surface area contributed by atoms with Crippen molar-refractivity contribution in [3.05, 3.63) is 45.3 Å². The molecule has 1 aromatic heterocycles. The van der Waals surface area contributed by atoms with Gasteiger partial charge in [0.2, 0.25) is 11.0 Å². The molecule has 1 aromatic carbocycles. The molecule has 2 aromatic rings. The zero-order chi connectivity index (χ0) is 20.1. The van der Waals surface area contributed by atoms with Crippen LogP contribution in [0.4, 0.5) is 5.13 Å². The zero-order valence-corrected chi connectivity index (χ0v) is 18.0. The van der Waals surface area contributed by atoms with Crippen molar-refractivity contribution in [2.24, 2.45) is 0 Å². The third-order valence-corrected chi connectivity index (χ3v) is 6.25. The van der Waals surface area contributed by atoms with Crippen LogP contribution in [-0.4, -0.2) is 37.8 Å². The van der Waals surface area contributed by atoms with E-state index in [1.807, 2.05) is 25.1 Å². The number of benzene rings is 1. The van der Waals surface area contributed by atoms with Crippen molar-refractivity contribution in [1.29, 1.82) is 0 Å². The Labute approximate surface area is 177 Å². The second-order valence-electron chi connectivity index (χ2n) is 6.21. The first kappa shape index (κ1) is 20.6. The molecule has 0 bridgehead atoms. The number of thioether (sulfide) groups is 1. The third-order valence-electron chi connectivity index (χ3n) is 4.12. The average molecular weight is 433 g/mol. The first-order chi connectivity index (χ1) is 13.5. The lowest BCUT2D eigenvalue weighted by atomic mass is 10.1. The van der Waals surface area contributed by atoms with Crippen molar-refractivity contribution in [2.75, 3.05) is 11.9 Å². The highest BCUT2D eigenvalue weighted by molar-refractivity contribution is 8.26. The van der Waals surface area contributed by atoms with Crippen molar-refractivity contribution < 1.29 is 9.59 Å². The molecule has 1 N–H and O–H groups in total. The van der Waals surface area contributed by atoms with Crippen LogP contribution in [0, 0.1) is 6.92 Å². The van der Waals surface area contributed by atoms with Gasteiger partial charge < -0.3 is 5.32 Å². The van der Waals surface area contributed by atoms with E-state index in [0.717, 1.165) is 17.0 Å². The number of aromatic nitrogens is 2. The van der Waals surface area contributed by atoms with Gasteiger partial charge in [-0.2, -0.15) is 0 Å². The zero-order valence-electron chi connectivity index (χ0n) is 15.6. The summed E-state index contributed by atoms with van der Waals surface area (Å²) in [5.74, 6) is -0.247. The van der Waals surface area contributed by atoms with E-state index in [9.17, 15) is 9.59 Å². The van der Waals surface area contributed by atoms with E-state index in [2.05, 4.69) is 34.6 Å². The van der Waals surface area contributed by atoms with Crippen LogP contribution in [0.15, 0.2) is 29.2 Å². The Morgan fingerprint density at radius 2 is 2.04 bits per heavy atom. The van der Waals surface area contributed by atoms with Gasteiger partial charge in [-0.1, -0.05) is 66.5 Å². The normalized spacial score (nSPS) is 15.5. The molecule has 6 nitrogen and oxygen atoms in total. The molecule has 146 valence electrons. The van der Waals surface area contributed by atoms with Crippen molar-refractivity contribution in [2.45, 2.75) is 33.1 Å². The highest BCUT2D eigenvalue weighted by Crippen LogP contribution is 2.32. The monoisotopic (exact) mass is 432 g/mol. The topological polar surface area (TPSA) is 75.2 Å². The lowest BCUT2D eigenvalue weighted by Crippen LogP contribution is -2.29. The van der Waals surface area contributed by atoms with Crippen LogP contribution < -0.4 is 5.32 Å². The van der Waals surface area contributed by atoms with Gasteiger partial charge in [0.1, 0.15) is 9.33 Å². The molecular weight excluding hydrogens is 412 g/mol. The Kier molecular flexibility index (Phi) is 6.93. The summed E-state index contributed by atoms with van der Waals surface area (Å²) < 4.78 is 0.529. The first-order valence-corrected chi connectivity index (χ1v) is 10.9. The summed E-state index contributed by atoms with van der Waals surface area (Å²) in [5, 5.41) is 11.7. The van der Waals surface area contributed by atoms with Gasteiger partial charge in [-0.05, 0) is 37.0 Å². The molecule has 1 saturated heterocycles. The first-order valence-electron chi connectivity index (χ1n) is 8.90. The second-order valence-corrected chi connectivity index (χ2v) is 9.06. The second kappa shape index (κ2) is 9.40. The van der Waals surface area contributed by atoms with Gasteiger partial charge in [0.05, 0.1) is 4.91 Å². The molecule has 0 atom stereocenters. The number of amides is 2. The highest BCUT2D eigenvalue weighted by Gasteiger charge is 2.31. The SMILES string of the molecule is CCc1ccc(C=C2SC(=S)N(CCCC(=O)Nc3nnc(C)s3)C2=O)cc1. The van der Waals surface area contributed by atoms with Crippen molar-refractivity contribution in [3.8, 4) is 0 Å². The number of anilines is 1. The van der Waals surface area contributed by atoms with Gasteiger partial charge in [0.25, 0.3) is 5.91 Å². The molecule has 28 heavy (non-hydrogen) atoms. The van der Waals surface area contributed by atoms with Crippen molar-refractivity contribution in [1.82, 2.24) is 15.1 Å². The minimum Gasteiger partial charge on any atom is -0.301 e. The fraction of sp³-hybridized carbons (Fsp3) is 0.316. The van der Waals surface area contributed by atoms with Gasteiger partial charge in [-0.3, -0.25) is 14.5 Å². The molecule has 9 heteroatoms. The van der Waals surface area contributed by atoms with E-state index in [4.69, 9.17) is 12.2 Å². The number of nitrogens with zero attached hydrogens (tertiary/aromatic N) is 3. The molecule has 0 saturated carbocycles. The van der Waals surface area contributed by atoms with E-state index in [-0.39, 0.29) is 18.2 Å².